The smallest absolute Gasteiger partial charge is 0.267 e. The van der Waals surface area contributed by atoms with E-state index in [4.69, 9.17) is 33.2 Å². The second-order valence-electron chi connectivity index (χ2n) is 9.39. The monoisotopic (exact) mass is 577 g/mol. The van der Waals surface area contributed by atoms with Crippen molar-refractivity contribution >= 4 is 69.0 Å². The standard InChI is InChI=1S/C28H24ClN5O3S2/c1-18-7-8-24-30-25(32-11-9-31(10-12-32)20-5-2-4-19(29)14-20)22(26(35)33(24)16-18)15-23-27(36)34(28(38)39-23)17-21-6-3-13-37-21/h2-8,13-16H,9-12,17H2,1H3. The molecular formula is C28H24ClN5O3S2. The van der Waals surface area contributed by atoms with Crippen LogP contribution in [0.3, 0.4) is 0 Å². The Hall–Kier alpha value is -3.60. The van der Waals surface area contributed by atoms with E-state index in [9.17, 15) is 9.59 Å². The van der Waals surface area contributed by atoms with Crippen LogP contribution in [0.15, 0.2) is 75.1 Å². The lowest BCUT2D eigenvalue weighted by molar-refractivity contribution is -0.122. The average molecular weight is 578 g/mol. The number of fused-ring (bicyclic) bond motifs is 1. The molecule has 0 N–H and O–H groups in total. The van der Waals surface area contributed by atoms with E-state index in [-0.39, 0.29) is 18.0 Å². The summed E-state index contributed by atoms with van der Waals surface area (Å²) in [6, 6.07) is 15.1. The fourth-order valence-corrected chi connectivity index (χ4v) is 6.21. The Morgan fingerprint density at radius 2 is 1.87 bits per heavy atom. The van der Waals surface area contributed by atoms with E-state index in [0.29, 0.717) is 50.1 Å². The summed E-state index contributed by atoms with van der Waals surface area (Å²) in [5, 5.41) is 0.695. The molecule has 0 saturated carbocycles. The predicted molar refractivity (Wildman–Crippen MR) is 160 cm³/mol. The van der Waals surface area contributed by atoms with E-state index in [2.05, 4.69) is 9.80 Å². The lowest BCUT2D eigenvalue weighted by Crippen LogP contribution is -2.47. The molecule has 6 rings (SSSR count). The van der Waals surface area contributed by atoms with Crippen molar-refractivity contribution in [3.8, 4) is 0 Å². The molecule has 198 valence electrons. The maximum Gasteiger partial charge on any atom is 0.267 e. The summed E-state index contributed by atoms with van der Waals surface area (Å²) in [7, 11) is 0. The quantitative estimate of drug-likeness (QED) is 0.243. The summed E-state index contributed by atoms with van der Waals surface area (Å²) in [5.74, 6) is 0.937. The zero-order chi connectivity index (χ0) is 27.1. The molecule has 2 aliphatic rings. The first kappa shape index (κ1) is 25.7. The van der Waals surface area contributed by atoms with E-state index in [1.54, 1.807) is 30.7 Å². The highest BCUT2D eigenvalue weighted by molar-refractivity contribution is 8.26. The summed E-state index contributed by atoms with van der Waals surface area (Å²) in [4.78, 5) is 38.3. The van der Waals surface area contributed by atoms with Crippen LogP contribution in [0.5, 0.6) is 0 Å². The number of hydrogen-bond donors (Lipinski definition) is 0. The van der Waals surface area contributed by atoms with Gasteiger partial charge in [-0.05, 0) is 55.0 Å². The number of furan rings is 1. The van der Waals surface area contributed by atoms with Gasteiger partial charge < -0.3 is 14.2 Å². The largest absolute Gasteiger partial charge is 0.467 e. The van der Waals surface area contributed by atoms with E-state index < -0.39 is 0 Å². The van der Waals surface area contributed by atoms with E-state index in [1.807, 2.05) is 43.3 Å². The molecule has 0 radical (unpaired) electrons. The number of aryl methyl sites for hydroxylation is 1. The zero-order valence-corrected chi connectivity index (χ0v) is 23.4. The number of rotatable bonds is 5. The number of carbonyl (C=O) groups is 1. The van der Waals surface area contributed by atoms with Crippen LogP contribution in [0.25, 0.3) is 11.7 Å². The number of nitrogens with zero attached hydrogens (tertiary/aromatic N) is 5. The Morgan fingerprint density at radius 3 is 2.62 bits per heavy atom. The van der Waals surface area contributed by atoms with Gasteiger partial charge in [-0.15, -0.1) is 0 Å². The lowest BCUT2D eigenvalue weighted by atomic mass is 10.2. The first-order valence-corrected chi connectivity index (χ1v) is 14.0. The Bertz CT molecular complexity index is 1680. The third kappa shape index (κ3) is 5.07. The number of aromatic nitrogens is 2. The van der Waals surface area contributed by atoms with Gasteiger partial charge >= 0.3 is 0 Å². The van der Waals surface area contributed by atoms with Crippen LogP contribution in [-0.2, 0) is 11.3 Å². The molecule has 39 heavy (non-hydrogen) atoms. The maximum atomic E-state index is 13.8. The second-order valence-corrected chi connectivity index (χ2v) is 11.5. The third-order valence-corrected chi connectivity index (χ3v) is 8.39. The van der Waals surface area contributed by atoms with Crippen LogP contribution in [0.1, 0.15) is 16.9 Å². The lowest BCUT2D eigenvalue weighted by Gasteiger charge is -2.37. The van der Waals surface area contributed by atoms with Gasteiger partial charge in [0.25, 0.3) is 11.5 Å². The molecule has 0 bridgehead atoms. The minimum atomic E-state index is -0.258. The third-order valence-electron chi connectivity index (χ3n) is 6.78. The van der Waals surface area contributed by atoms with Crippen molar-refractivity contribution in [2.45, 2.75) is 13.5 Å². The maximum absolute atomic E-state index is 13.8. The molecular weight excluding hydrogens is 554 g/mol. The number of pyridine rings is 1. The fourth-order valence-electron chi connectivity index (χ4n) is 4.79. The number of benzene rings is 1. The Labute approximate surface area is 239 Å². The molecule has 8 nitrogen and oxygen atoms in total. The molecule has 0 aliphatic carbocycles. The molecule has 1 amide bonds. The van der Waals surface area contributed by atoms with Crippen LogP contribution in [0.4, 0.5) is 11.5 Å². The SMILES string of the molecule is Cc1ccc2nc(N3CCN(c4cccc(Cl)c4)CC3)c(C=C3SC(=S)N(Cc4ccco4)C3=O)c(=O)n2c1. The van der Waals surface area contributed by atoms with Crippen molar-refractivity contribution in [1.82, 2.24) is 14.3 Å². The van der Waals surface area contributed by atoms with Gasteiger partial charge in [-0.3, -0.25) is 18.9 Å². The van der Waals surface area contributed by atoms with Crippen molar-refractivity contribution in [3.05, 3.63) is 98.2 Å². The van der Waals surface area contributed by atoms with Crippen LogP contribution in [0, 0.1) is 6.92 Å². The molecule has 4 aromatic rings. The number of anilines is 2. The van der Waals surface area contributed by atoms with Crippen LogP contribution in [0.2, 0.25) is 5.02 Å². The molecule has 3 aromatic heterocycles. The van der Waals surface area contributed by atoms with Crippen molar-refractivity contribution in [2.24, 2.45) is 0 Å². The van der Waals surface area contributed by atoms with Crippen molar-refractivity contribution in [3.63, 3.8) is 0 Å². The highest BCUT2D eigenvalue weighted by Crippen LogP contribution is 2.35. The van der Waals surface area contributed by atoms with Crippen LogP contribution >= 0.6 is 35.6 Å². The molecule has 2 aliphatic heterocycles. The predicted octanol–water partition coefficient (Wildman–Crippen LogP) is 4.98. The molecule has 1 aromatic carbocycles. The molecule has 0 spiro atoms. The summed E-state index contributed by atoms with van der Waals surface area (Å²) in [5.41, 5.74) is 2.69. The van der Waals surface area contributed by atoms with Gasteiger partial charge in [0.2, 0.25) is 0 Å². The van der Waals surface area contributed by atoms with Crippen LogP contribution in [-0.4, -0.2) is 50.7 Å². The van der Waals surface area contributed by atoms with E-state index in [1.165, 1.54) is 21.1 Å². The Balaban J connectivity index is 1.36. The molecule has 2 saturated heterocycles. The average Bonchev–Trinajstić information content (AvgIpc) is 3.54. The van der Waals surface area contributed by atoms with Crippen molar-refractivity contribution in [1.29, 1.82) is 0 Å². The van der Waals surface area contributed by atoms with Crippen molar-refractivity contribution in [2.75, 3.05) is 36.0 Å². The summed E-state index contributed by atoms with van der Waals surface area (Å²) in [6.07, 6.45) is 4.97. The van der Waals surface area contributed by atoms with Crippen molar-refractivity contribution < 1.29 is 9.21 Å². The number of thiocarbonyl (C=S) groups is 1. The number of thioether (sulfide) groups is 1. The molecule has 0 atom stereocenters. The number of carbonyl (C=O) groups excluding carboxylic acids is 1. The minimum absolute atomic E-state index is 0.229. The van der Waals surface area contributed by atoms with Gasteiger partial charge in [0.1, 0.15) is 21.5 Å². The summed E-state index contributed by atoms with van der Waals surface area (Å²) in [6.45, 7) is 4.94. The van der Waals surface area contributed by atoms with Gasteiger partial charge in [0.15, 0.2) is 0 Å². The van der Waals surface area contributed by atoms with E-state index in [0.717, 1.165) is 24.3 Å². The number of piperazine rings is 1. The summed E-state index contributed by atoms with van der Waals surface area (Å²) >= 11 is 12.9. The Morgan fingerprint density at radius 1 is 1.08 bits per heavy atom. The summed E-state index contributed by atoms with van der Waals surface area (Å²) < 4.78 is 7.36. The Kier molecular flexibility index (Phi) is 6.92. The van der Waals surface area contributed by atoms with Gasteiger partial charge in [0.05, 0.1) is 23.3 Å². The fraction of sp³-hybridized carbons (Fsp3) is 0.214. The topological polar surface area (TPSA) is 74.3 Å². The second kappa shape index (κ2) is 10.5. The molecule has 0 unspecified atom stereocenters. The van der Waals surface area contributed by atoms with Gasteiger partial charge in [-0.25, -0.2) is 4.98 Å². The number of hydrogen-bond acceptors (Lipinski definition) is 8. The number of halogens is 1. The highest BCUT2D eigenvalue weighted by atomic mass is 35.5. The highest BCUT2D eigenvalue weighted by Gasteiger charge is 2.34. The molecule has 5 heterocycles. The van der Waals surface area contributed by atoms with Crippen LogP contribution < -0.4 is 15.4 Å². The first-order valence-electron chi connectivity index (χ1n) is 12.4. The molecule has 11 heteroatoms. The first-order chi connectivity index (χ1) is 18.9. The molecule has 2 fully saturated rings. The van der Waals surface area contributed by atoms with Gasteiger partial charge in [0, 0.05) is 43.1 Å². The van der Waals surface area contributed by atoms with Gasteiger partial charge in [-0.1, -0.05) is 47.7 Å². The zero-order valence-electron chi connectivity index (χ0n) is 21.0. The van der Waals surface area contributed by atoms with Gasteiger partial charge in [-0.2, -0.15) is 0 Å². The minimum Gasteiger partial charge on any atom is -0.467 e. The normalized spacial score (nSPS) is 17.2. The van der Waals surface area contributed by atoms with E-state index >= 15 is 0 Å². The number of amides is 1.